The Morgan fingerprint density at radius 1 is 1.33 bits per heavy atom. The Balaban J connectivity index is 2.09. The summed E-state index contributed by atoms with van der Waals surface area (Å²) in [6.45, 7) is 4.04. The third-order valence-electron chi connectivity index (χ3n) is 2.91. The topological polar surface area (TPSA) is 58.6 Å². The third-order valence-corrected chi connectivity index (χ3v) is 2.91. The Morgan fingerprint density at radius 2 is 1.94 bits per heavy atom. The fraction of sp³-hybridized carbons (Fsp3) is 0.385. The van der Waals surface area contributed by atoms with Crippen LogP contribution in [0.3, 0.4) is 0 Å². The molecular formula is C13H16N2O3. The van der Waals surface area contributed by atoms with Gasteiger partial charge in [0.1, 0.15) is 12.6 Å². The van der Waals surface area contributed by atoms with E-state index < -0.39 is 12.1 Å². The molecule has 1 aromatic carbocycles. The molecule has 0 aliphatic carbocycles. The van der Waals surface area contributed by atoms with Crippen molar-refractivity contribution < 1.29 is 14.3 Å². The first kappa shape index (κ1) is 12.4. The van der Waals surface area contributed by atoms with Crippen LogP contribution in [-0.4, -0.2) is 36.6 Å². The van der Waals surface area contributed by atoms with Gasteiger partial charge in [-0.15, -0.1) is 0 Å². The Morgan fingerprint density at radius 3 is 2.44 bits per heavy atom. The summed E-state index contributed by atoms with van der Waals surface area (Å²) in [5.74, 6) is -0.228. The van der Waals surface area contributed by atoms with E-state index in [0.29, 0.717) is 0 Å². The number of carbonyl (C=O) groups is 2. The van der Waals surface area contributed by atoms with Gasteiger partial charge in [0, 0.05) is 12.7 Å². The minimum atomic E-state index is -0.557. The number of hydrogen-bond donors (Lipinski definition) is 1. The van der Waals surface area contributed by atoms with Gasteiger partial charge >= 0.3 is 6.09 Å². The van der Waals surface area contributed by atoms with Gasteiger partial charge < -0.3 is 10.1 Å². The van der Waals surface area contributed by atoms with Gasteiger partial charge in [-0.2, -0.15) is 0 Å². The molecular weight excluding hydrogens is 232 g/mol. The minimum Gasteiger partial charge on any atom is -0.447 e. The van der Waals surface area contributed by atoms with E-state index >= 15 is 0 Å². The van der Waals surface area contributed by atoms with Crippen molar-refractivity contribution in [1.82, 2.24) is 4.90 Å². The molecule has 0 bridgehead atoms. The Hall–Kier alpha value is -2.04. The lowest BCUT2D eigenvalue weighted by Gasteiger charge is -2.16. The van der Waals surface area contributed by atoms with Crippen molar-refractivity contribution in [2.75, 3.05) is 19.0 Å². The van der Waals surface area contributed by atoms with Crippen LogP contribution in [0.1, 0.15) is 11.1 Å². The fourth-order valence-electron chi connectivity index (χ4n) is 2.02. The van der Waals surface area contributed by atoms with Crippen molar-refractivity contribution >= 4 is 17.7 Å². The van der Waals surface area contributed by atoms with Crippen LogP contribution in [0.2, 0.25) is 0 Å². The van der Waals surface area contributed by atoms with Crippen LogP contribution in [0, 0.1) is 13.8 Å². The molecule has 18 heavy (non-hydrogen) atoms. The molecule has 1 N–H and O–H groups in total. The lowest BCUT2D eigenvalue weighted by Crippen LogP contribution is -2.40. The molecule has 1 unspecified atom stereocenters. The minimum absolute atomic E-state index is 0.103. The van der Waals surface area contributed by atoms with E-state index in [0.717, 1.165) is 16.8 Å². The average Bonchev–Trinajstić information content (AvgIpc) is 2.58. The van der Waals surface area contributed by atoms with Crippen LogP contribution in [0.25, 0.3) is 0 Å². The summed E-state index contributed by atoms with van der Waals surface area (Å²) in [6, 6.07) is 5.26. The van der Waals surface area contributed by atoms with E-state index in [1.807, 2.05) is 32.0 Å². The summed E-state index contributed by atoms with van der Waals surface area (Å²) in [4.78, 5) is 24.5. The second-order valence-corrected chi connectivity index (χ2v) is 4.57. The van der Waals surface area contributed by atoms with Gasteiger partial charge in [0.2, 0.25) is 0 Å². The van der Waals surface area contributed by atoms with Crippen LogP contribution in [-0.2, 0) is 9.53 Å². The highest BCUT2D eigenvalue weighted by molar-refractivity contribution is 5.97. The highest BCUT2D eigenvalue weighted by Crippen LogP contribution is 2.16. The summed E-state index contributed by atoms with van der Waals surface area (Å²) in [5.41, 5.74) is 2.90. The molecule has 1 atom stereocenters. The summed E-state index contributed by atoms with van der Waals surface area (Å²) in [7, 11) is 1.56. The fourth-order valence-corrected chi connectivity index (χ4v) is 2.02. The first-order valence-corrected chi connectivity index (χ1v) is 5.76. The van der Waals surface area contributed by atoms with Gasteiger partial charge in [-0.25, -0.2) is 4.79 Å². The van der Waals surface area contributed by atoms with E-state index in [1.54, 1.807) is 7.05 Å². The van der Waals surface area contributed by atoms with E-state index in [9.17, 15) is 9.59 Å². The first-order valence-electron chi connectivity index (χ1n) is 5.76. The third kappa shape index (κ3) is 2.45. The van der Waals surface area contributed by atoms with Crippen molar-refractivity contribution in [3.8, 4) is 0 Å². The maximum Gasteiger partial charge on any atom is 0.410 e. The van der Waals surface area contributed by atoms with Crippen molar-refractivity contribution in [3.63, 3.8) is 0 Å². The second-order valence-electron chi connectivity index (χ2n) is 4.57. The average molecular weight is 248 g/mol. The standard InChI is InChI=1S/C13H16N2O3/c1-8-4-9(2)6-10(5-8)14-12(16)11-7-18-13(17)15(11)3/h4-6,11H,7H2,1-3H3,(H,14,16). The predicted molar refractivity (Wildman–Crippen MR) is 67.4 cm³/mol. The van der Waals surface area contributed by atoms with Crippen LogP contribution in [0.4, 0.5) is 10.5 Å². The SMILES string of the molecule is Cc1cc(C)cc(NC(=O)C2COC(=O)N2C)c1. The number of ether oxygens (including phenoxy) is 1. The molecule has 1 aliphatic rings. The molecule has 1 aliphatic heterocycles. The molecule has 1 fully saturated rings. The normalized spacial score (nSPS) is 18.7. The predicted octanol–water partition coefficient (Wildman–Crippen LogP) is 1.69. The van der Waals surface area contributed by atoms with Gasteiger partial charge in [0.15, 0.2) is 0 Å². The summed E-state index contributed by atoms with van der Waals surface area (Å²) >= 11 is 0. The summed E-state index contributed by atoms with van der Waals surface area (Å²) in [6.07, 6.45) is -0.462. The zero-order valence-corrected chi connectivity index (χ0v) is 10.7. The number of cyclic esters (lactones) is 1. The van der Waals surface area contributed by atoms with Crippen molar-refractivity contribution in [3.05, 3.63) is 29.3 Å². The lowest BCUT2D eigenvalue weighted by molar-refractivity contribution is -0.119. The van der Waals surface area contributed by atoms with E-state index in [1.165, 1.54) is 4.90 Å². The maximum atomic E-state index is 12.0. The molecule has 1 aromatic rings. The Kier molecular flexibility index (Phi) is 3.23. The number of hydrogen-bond acceptors (Lipinski definition) is 3. The monoisotopic (exact) mass is 248 g/mol. The molecule has 0 radical (unpaired) electrons. The molecule has 0 saturated carbocycles. The number of nitrogens with zero attached hydrogens (tertiary/aromatic N) is 1. The van der Waals surface area contributed by atoms with E-state index in [2.05, 4.69) is 5.32 Å². The highest BCUT2D eigenvalue weighted by atomic mass is 16.6. The molecule has 2 amide bonds. The smallest absolute Gasteiger partial charge is 0.410 e. The molecule has 0 aromatic heterocycles. The van der Waals surface area contributed by atoms with Gasteiger partial charge in [-0.3, -0.25) is 9.69 Å². The van der Waals surface area contributed by atoms with Crippen LogP contribution in [0.15, 0.2) is 18.2 Å². The zero-order valence-electron chi connectivity index (χ0n) is 10.7. The number of anilines is 1. The van der Waals surface area contributed by atoms with Gasteiger partial charge in [0.25, 0.3) is 5.91 Å². The maximum absolute atomic E-state index is 12.0. The molecule has 2 rings (SSSR count). The molecule has 5 nitrogen and oxygen atoms in total. The molecule has 5 heteroatoms. The lowest BCUT2D eigenvalue weighted by atomic mass is 10.1. The number of carbonyl (C=O) groups excluding carboxylic acids is 2. The Bertz CT molecular complexity index is 479. The van der Waals surface area contributed by atoms with Gasteiger partial charge in [-0.1, -0.05) is 6.07 Å². The molecule has 1 heterocycles. The largest absolute Gasteiger partial charge is 0.447 e. The van der Waals surface area contributed by atoms with Crippen LogP contribution in [0.5, 0.6) is 0 Å². The molecule has 96 valence electrons. The number of nitrogens with one attached hydrogen (secondary N) is 1. The zero-order chi connectivity index (χ0) is 13.3. The molecule has 1 saturated heterocycles. The number of amides is 2. The second kappa shape index (κ2) is 4.68. The number of rotatable bonds is 2. The van der Waals surface area contributed by atoms with Crippen LogP contribution < -0.4 is 5.32 Å². The molecule has 0 spiro atoms. The van der Waals surface area contributed by atoms with Gasteiger partial charge in [-0.05, 0) is 37.1 Å². The van der Waals surface area contributed by atoms with E-state index in [4.69, 9.17) is 4.74 Å². The number of benzene rings is 1. The first-order chi connectivity index (χ1) is 8.47. The number of likely N-dealkylation sites (N-methyl/N-ethyl adjacent to an activating group) is 1. The Labute approximate surface area is 106 Å². The van der Waals surface area contributed by atoms with Crippen molar-refractivity contribution in [2.45, 2.75) is 19.9 Å². The van der Waals surface area contributed by atoms with E-state index in [-0.39, 0.29) is 12.5 Å². The van der Waals surface area contributed by atoms with Gasteiger partial charge in [0.05, 0.1) is 0 Å². The highest BCUT2D eigenvalue weighted by Gasteiger charge is 2.35. The summed E-state index contributed by atoms with van der Waals surface area (Å²) in [5, 5.41) is 2.80. The van der Waals surface area contributed by atoms with Crippen molar-refractivity contribution in [1.29, 1.82) is 0 Å². The number of aryl methyl sites for hydroxylation is 2. The summed E-state index contributed by atoms with van der Waals surface area (Å²) < 4.78 is 4.81. The van der Waals surface area contributed by atoms with Crippen molar-refractivity contribution in [2.24, 2.45) is 0 Å². The quantitative estimate of drug-likeness (QED) is 0.866. The van der Waals surface area contributed by atoms with Crippen LogP contribution >= 0.6 is 0 Å².